The maximum atomic E-state index is 2.45. The lowest BCUT2D eigenvalue weighted by Crippen LogP contribution is -2.12. The van der Waals surface area contributed by atoms with Crippen molar-refractivity contribution in [1.82, 2.24) is 0 Å². The van der Waals surface area contributed by atoms with E-state index in [1.54, 1.807) is 0 Å². The van der Waals surface area contributed by atoms with Crippen LogP contribution >= 0.6 is 0 Å². The third-order valence-electron chi connectivity index (χ3n) is 4.57. The Balaban J connectivity index is 2.29. The van der Waals surface area contributed by atoms with Gasteiger partial charge in [0.1, 0.15) is 0 Å². The topological polar surface area (TPSA) is 0 Å². The van der Waals surface area contributed by atoms with Gasteiger partial charge < -0.3 is 0 Å². The van der Waals surface area contributed by atoms with Crippen LogP contribution in [0.1, 0.15) is 85.0 Å². The van der Waals surface area contributed by atoms with Gasteiger partial charge in [0, 0.05) is 0 Å². The monoisotopic (exact) mass is 224 g/mol. The molecule has 1 aliphatic rings. The maximum absolute atomic E-state index is 2.45. The Morgan fingerprint density at radius 3 is 1.62 bits per heavy atom. The summed E-state index contributed by atoms with van der Waals surface area (Å²) in [4.78, 5) is 0. The van der Waals surface area contributed by atoms with Gasteiger partial charge in [0.05, 0.1) is 0 Å². The average Bonchev–Trinajstić information content (AvgIpc) is 2.27. The van der Waals surface area contributed by atoms with E-state index in [-0.39, 0.29) is 0 Å². The summed E-state index contributed by atoms with van der Waals surface area (Å²) < 4.78 is 0. The van der Waals surface area contributed by atoms with Gasteiger partial charge in [-0.15, -0.1) is 0 Å². The molecular weight excluding hydrogens is 192 g/mol. The second-order valence-electron chi connectivity index (χ2n) is 6.38. The van der Waals surface area contributed by atoms with E-state index in [2.05, 4.69) is 20.8 Å². The zero-order valence-corrected chi connectivity index (χ0v) is 11.8. The van der Waals surface area contributed by atoms with Crippen molar-refractivity contribution in [2.45, 2.75) is 85.0 Å². The average molecular weight is 224 g/mol. The van der Waals surface area contributed by atoms with Gasteiger partial charge in [-0.2, -0.15) is 0 Å². The molecule has 96 valence electrons. The molecule has 1 fully saturated rings. The van der Waals surface area contributed by atoms with Crippen LogP contribution in [0.15, 0.2) is 0 Å². The van der Waals surface area contributed by atoms with Gasteiger partial charge >= 0.3 is 0 Å². The van der Waals surface area contributed by atoms with Crippen molar-refractivity contribution in [3.8, 4) is 0 Å². The Kier molecular flexibility index (Phi) is 7.16. The molecule has 1 aliphatic carbocycles. The Hall–Kier alpha value is 0. The molecule has 0 bridgehead atoms. The van der Waals surface area contributed by atoms with Gasteiger partial charge in [-0.05, 0) is 24.2 Å². The van der Waals surface area contributed by atoms with E-state index in [0.29, 0.717) is 0 Å². The lowest BCUT2D eigenvalue weighted by atomic mass is 9.82. The first-order valence-corrected chi connectivity index (χ1v) is 7.70. The molecule has 0 heteroatoms. The third-order valence-corrected chi connectivity index (χ3v) is 4.57. The molecule has 0 amide bonds. The zero-order chi connectivity index (χ0) is 11.8. The Morgan fingerprint density at radius 1 is 0.750 bits per heavy atom. The molecule has 0 aromatic carbocycles. The van der Waals surface area contributed by atoms with Crippen molar-refractivity contribution in [2.24, 2.45) is 17.8 Å². The van der Waals surface area contributed by atoms with Crippen molar-refractivity contribution < 1.29 is 0 Å². The van der Waals surface area contributed by atoms with Crippen molar-refractivity contribution in [1.29, 1.82) is 0 Å². The molecular formula is C16H32. The summed E-state index contributed by atoms with van der Waals surface area (Å²) >= 11 is 0. The molecule has 0 N–H and O–H groups in total. The summed E-state index contributed by atoms with van der Waals surface area (Å²) in [5.41, 5.74) is 0. The van der Waals surface area contributed by atoms with Crippen molar-refractivity contribution in [3.63, 3.8) is 0 Å². The SMILES string of the molecule is CC(C)C(C)CC1CCCCCCCCC1. The summed E-state index contributed by atoms with van der Waals surface area (Å²) in [6, 6.07) is 0. The highest BCUT2D eigenvalue weighted by Crippen LogP contribution is 2.29. The second kappa shape index (κ2) is 8.14. The Labute approximate surface area is 103 Å². The fourth-order valence-corrected chi connectivity index (χ4v) is 2.93. The van der Waals surface area contributed by atoms with Crippen LogP contribution in [0, 0.1) is 17.8 Å². The summed E-state index contributed by atoms with van der Waals surface area (Å²) in [6.45, 7) is 7.21. The van der Waals surface area contributed by atoms with Gasteiger partial charge in [-0.3, -0.25) is 0 Å². The van der Waals surface area contributed by atoms with Crippen LogP contribution in [-0.2, 0) is 0 Å². The van der Waals surface area contributed by atoms with Crippen LogP contribution in [0.4, 0.5) is 0 Å². The molecule has 1 atom stereocenters. The quantitative estimate of drug-likeness (QED) is 0.567. The van der Waals surface area contributed by atoms with Gasteiger partial charge in [0.25, 0.3) is 0 Å². The van der Waals surface area contributed by atoms with Crippen molar-refractivity contribution in [3.05, 3.63) is 0 Å². The second-order valence-corrected chi connectivity index (χ2v) is 6.38. The van der Waals surface area contributed by atoms with Gasteiger partial charge in [-0.1, -0.05) is 78.6 Å². The summed E-state index contributed by atoms with van der Waals surface area (Å²) in [6.07, 6.45) is 15.0. The van der Waals surface area contributed by atoms with E-state index in [4.69, 9.17) is 0 Å². The van der Waals surface area contributed by atoms with Crippen LogP contribution in [0.2, 0.25) is 0 Å². The molecule has 0 aromatic heterocycles. The lowest BCUT2D eigenvalue weighted by Gasteiger charge is -2.24. The Morgan fingerprint density at radius 2 is 1.19 bits per heavy atom. The fourth-order valence-electron chi connectivity index (χ4n) is 2.93. The summed E-state index contributed by atoms with van der Waals surface area (Å²) in [5.74, 6) is 2.83. The Bertz CT molecular complexity index is 149. The van der Waals surface area contributed by atoms with Crippen LogP contribution < -0.4 is 0 Å². The highest BCUT2D eigenvalue weighted by molar-refractivity contribution is 4.67. The minimum absolute atomic E-state index is 0.871. The van der Waals surface area contributed by atoms with Crippen LogP contribution in [0.5, 0.6) is 0 Å². The molecule has 0 nitrogen and oxygen atoms in total. The highest BCUT2D eigenvalue weighted by Gasteiger charge is 2.15. The minimum atomic E-state index is 0.871. The molecule has 0 aromatic rings. The van der Waals surface area contributed by atoms with Crippen LogP contribution in [0.3, 0.4) is 0 Å². The standard InChI is InChI=1S/C16H32/c1-14(2)15(3)13-16-11-9-7-5-4-6-8-10-12-16/h14-16H,4-13H2,1-3H3. The first-order valence-electron chi connectivity index (χ1n) is 7.70. The molecule has 0 spiro atoms. The van der Waals surface area contributed by atoms with Gasteiger partial charge in [0.15, 0.2) is 0 Å². The molecule has 16 heavy (non-hydrogen) atoms. The third kappa shape index (κ3) is 5.92. The molecule has 1 saturated carbocycles. The lowest BCUT2D eigenvalue weighted by molar-refractivity contribution is 0.279. The smallest absolute Gasteiger partial charge is 0.0412 e. The molecule has 0 heterocycles. The zero-order valence-electron chi connectivity index (χ0n) is 11.8. The first kappa shape index (κ1) is 14.1. The first-order chi connectivity index (χ1) is 7.70. The van der Waals surface area contributed by atoms with E-state index in [1.807, 2.05) is 0 Å². The molecule has 1 rings (SSSR count). The van der Waals surface area contributed by atoms with Crippen molar-refractivity contribution >= 4 is 0 Å². The minimum Gasteiger partial charge on any atom is -0.0625 e. The van der Waals surface area contributed by atoms with Crippen LogP contribution in [0.25, 0.3) is 0 Å². The number of hydrogen-bond donors (Lipinski definition) is 0. The van der Waals surface area contributed by atoms with E-state index in [0.717, 1.165) is 17.8 Å². The molecule has 1 unspecified atom stereocenters. The number of rotatable bonds is 3. The van der Waals surface area contributed by atoms with Gasteiger partial charge in [0.2, 0.25) is 0 Å². The van der Waals surface area contributed by atoms with E-state index >= 15 is 0 Å². The largest absolute Gasteiger partial charge is 0.0625 e. The summed E-state index contributed by atoms with van der Waals surface area (Å²) in [5, 5.41) is 0. The normalized spacial score (nSPS) is 23.2. The molecule has 0 saturated heterocycles. The fraction of sp³-hybridized carbons (Fsp3) is 1.00. The predicted molar refractivity (Wildman–Crippen MR) is 73.7 cm³/mol. The van der Waals surface area contributed by atoms with Crippen molar-refractivity contribution in [2.75, 3.05) is 0 Å². The summed E-state index contributed by atoms with van der Waals surface area (Å²) in [7, 11) is 0. The van der Waals surface area contributed by atoms with Gasteiger partial charge in [-0.25, -0.2) is 0 Å². The van der Waals surface area contributed by atoms with E-state index in [9.17, 15) is 0 Å². The maximum Gasteiger partial charge on any atom is -0.0412 e. The van der Waals surface area contributed by atoms with Crippen LogP contribution in [-0.4, -0.2) is 0 Å². The molecule has 0 aliphatic heterocycles. The molecule has 0 radical (unpaired) electrons. The van der Waals surface area contributed by atoms with E-state index in [1.165, 1.54) is 64.2 Å². The highest BCUT2D eigenvalue weighted by atomic mass is 14.2. The van der Waals surface area contributed by atoms with E-state index < -0.39 is 0 Å². The predicted octanol–water partition coefficient (Wildman–Crippen LogP) is 5.81. The number of hydrogen-bond acceptors (Lipinski definition) is 0.